The Balaban J connectivity index is 1.39. The highest BCUT2D eigenvalue weighted by Gasteiger charge is 2.23. The molecule has 11 nitrogen and oxygen atoms in total. The number of aromatic amines is 2. The minimum Gasteiger partial charge on any atom is -0.360 e. The van der Waals surface area contributed by atoms with E-state index in [1.54, 1.807) is 29.8 Å². The summed E-state index contributed by atoms with van der Waals surface area (Å²) in [7, 11) is 0. The second-order valence-electron chi connectivity index (χ2n) is 9.07. The van der Waals surface area contributed by atoms with E-state index >= 15 is 0 Å². The van der Waals surface area contributed by atoms with E-state index in [2.05, 4.69) is 30.5 Å². The van der Waals surface area contributed by atoms with E-state index < -0.39 is 17.2 Å². The quantitative estimate of drug-likeness (QED) is 0.241. The number of hydrogen-bond donors (Lipinski definition) is 3. The molecule has 0 saturated heterocycles. The number of hydrogen-bond acceptors (Lipinski definition) is 6. The maximum Gasteiger partial charge on any atom is 0.298 e. The lowest BCUT2D eigenvalue weighted by Crippen LogP contribution is -2.25. The highest BCUT2D eigenvalue weighted by molar-refractivity contribution is 6.48. The van der Waals surface area contributed by atoms with Gasteiger partial charge in [0, 0.05) is 23.2 Å². The largest absolute Gasteiger partial charge is 0.360 e. The van der Waals surface area contributed by atoms with Gasteiger partial charge in [-0.15, -0.1) is 0 Å². The number of para-hydroxylation sites is 1. The molecule has 0 aliphatic heterocycles. The monoisotopic (exact) mass is 506 g/mol. The zero-order valence-corrected chi connectivity index (χ0v) is 20.7. The van der Waals surface area contributed by atoms with Gasteiger partial charge in [0.2, 0.25) is 5.95 Å². The van der Waals surface area contributed by atoms with Gasteiger partial charge in [0.15, 0.2) is 5.65 Å². The fourth-order valence-electron chi connectivity index (χ4n) is 4.36. The molecule has 0 aliphatic rings. The lowest BCUT2D eigenvalue weighted by atomic mass is 10.1. The number of nitrogens with zero attached hydrogens (tertiary/aromatic N) is 5. The summed E-state index contributed by atoms with van der Waals surface area (Å²) in [5.74, 6) is -1.31. The smallest absolute Gasteiger partial charge is 0.298 e. The van der Waals surface area contributed by atoms with E-state index in [1.807, 2.05) is 44.2 Å². The van der Waals surface area contributed by atoms with E-state index in [0.29, 0.717) is 22.1 Å². The molecule has 0 radical (unpaired) electrons. The summed E-state index contributed by atoms with van der Waals surface area (Å²) < 4.78 is 2.87. The molecule has 2 aromatic carbocycles. The molecule has 0 saturated carbocycles. The predicted octanol–water partition coefficient (Wildman–Crippen LogP) is 3.52. The number of ketones is 1. The highest BCUT2D eigenvalue weighted by atomic mass is 16.2. The van der Waals surface area contributed by atoms with E-state index in [9.17, 15) is 14.4 Å². The van der Waals surface area contributed by atoms with E-state index in [-0.39, 0.29) is 17.3 Å². The maximum absolute atomic E-state index is 13.0. The Morgan fingerprint density at radius 2 is 1.76 bits per heavy atom. The van der Waals surface area contributed by atoms with Crippen LogP contribution in [-0.2, 0) is 4.79 Å². The molecular weight excluding hydrogens is 484 g/mol. The number of H-pyrrole nitrogens is 2. The van der Waals surface area contributed by atoms with Crippen molar-refractivity contribution in [3.63, 3.8) is 0 Å². The summed E-state index contributed by atoms with van der Waals surface area (Å²) in [5, 5.41) is 12.3. The number of nitrogens with one attached hydrogen (secondary N) is 3. The van der Waals surface area contributed by atoms with Crippen LogP contribution < -0.4 is 10.9 Å². The van der Waals surface area contributed by atoms with Crippen LogP contribution in [0.5, 0.6) is 0 Å². The number of carbonyl (C=O) groups is 2. The number of rotatable bonds is 5. The molecule has 4 aromatic heterocycles. The van der Waals surface area contributed by atoms with Crippen molar-refractivity contribution in [1.82, 2.24) is 34.5 Å². The molecule has 6 aromatic rings. The normalized spacial score (nSPS) is 11.3. The molecule has 1 amide bonds. The highest BCUT2D eigenvalue weighted by Crippen LogP contribution is 2.21. The Hall–Kier alpha value is -5.32. The third kappa shape index (κ3) is 3.77. The first kappa shape index (κ1) is 23.1. The van der Waals surface area contributed by atoms with Crippen LogP contribution in [-0.4, -0.2) is 46.2 Å². The van der Waals surface area contributed by atoms with Gasteiger partial charge < -0.3 is 10.3 Å². The number of amides is 1. The Morgan fingerprint density at radius 1 is 0.947 bits per heavy atom. The molecule has 188 valence electrons. The van der Waals surface area contributed by atoms with Crippen molar-refractivity contribution in [1.29, 1.82) is 0 Å². The van der Waals surface area contributed by atoms with Gasteiger partial charge >= 0.3 is 0 Å². The second kappa shape index (κ2) is 8.66. The minimum atomic E-state index is -0.848. The number of Topliss-reactive ketones (excluding diaryl/α,β-unsaturated/α-hetero) is 1. The van der Waals surface area contributed by atoms with E-state index in [1.165, 1.54) is 17.1 Å². The van der Waals surface area contributed by atoms with Crippen molar-refractivity contribution in [2.24, 2.45) is 0 Å². The third-order valence-corrected chi connectivity index (χ3v) is 6.47. The van der Waals surface area contributed by atoms with E-state index in [0.717, 1.165) is 22.3 Å². The Morgan fingerprint density at radius 3 is 2.58 bits per heavy atom. The van der Waals surface area contributed by atoms with Gasteiger partial charge in [0.1, 0.15) is 11.2 Å². The van der Waals surface area contributed by atoms with Crippen LogP contribution in [0.3, 0.4) is 0 Å². The second-order valence-corrected chi connectivity index (χ2v) is 9.07. The molecule has 11 heteroatoms. The van der Waals surface area contributed by atoms with Crippen LogP contribution in [0.1, 0.15) is 27.2 Å². The molecule has 3 N–H and O–H groups in total. The Kier molecular flexibility index (Phi) is 5.26. The molecule has 0 aliphatic carbocycles. The molecule has 0 atom stereocenters. The summed E-state index contributed by atoms with van der Waals surface area (Å²) in [6.45, 7) is 5.74. The number of aromatic nitrogens is 7. The molecule has 6 rings (SSSR count). The summed E-state index contributed by atoms with van der Waals surface area (Å²) in [6.07, 6.45) is 2.97. The Bertz CT molecular complexity index is 1960. The Labute approximate surface area is 215 Å². The van der Waals surface area contributed by atoms with Crippen molar-refractivity contribution < 1.29 is 9.59 Å². The van der Waals surface area contributed by atoms with E-state index in [4.69, 9.17) is 0 Å². The van der Waals surface area contributed by atoms with Gasteiger partial charge in [0.05, 0.1) is 23.1 Å². The van der Waals surface area contributed by atoms with Crippen LogP contribution in [0.15, 0.2) is 65.7 Å². The molecule has 4 heterocycles. The van der Waals surface area contributed by atoms with Gasteiger partial charge in [-0.25, -0.2) is 4.68 Å². The first-order valence-corrected chi connectivity index (χ1v) is 11.8. The first-order chi connectivity index (χ1) is 18.3. The maximum atomic E-state index is 13.0. The molecule has 38 heavy (non-hydrogen) atoms. The van der Waals surface area contributed by atoms with Crippen molar-refractivity contribution in [2.45, 2.75) is 20.8 Å². The topological polar surface area (TPSA) is 143 Å². The zero-order valence-electron chi connectivity index (χ0n) is 20.7. The van der Waals surface area contributed by atoms with Crippen LogP contribution in [0.25, 0.3) is 33.6 Å². The summed E-state index contributed by atoms with van der Waals surface area (Å²) in [4.78, 5) is 49.2. The molecule has 0 unspecified atom stereocenters. The average molecular weight is 507 g/mol. The van der Waals surface area contributed by atoms with Gasteiger partial charge in [-0.2, -0.15) is 19.9 Å². The minimum absolute atomic E-state index is 0.0658. The SMILES string of the molecule is Cc1cc(NC(=O)C(=O)c2c[nH]c3ccccc23)n(-c2nc3c(cnn3-c3ccc(C)c(C)c3)c(=O)[nH]2)n1. The molecule has 0 bridgehead atoms. The molecule has 0 spiro atoms. The van der Waals surface area contributed by atoms with Crippen molar-refractivity contribution in [2.75, 3.05) is 5.32 Å². The van der Waals surface area contributed by atoms with Crippen LogP contribution in [0.2, 0.25) is 0 Å². The number of carbonyl (C=O) groups excluding carboxylic acids is 2. The van der Waals surface area contributed by atoms with Crippen molar-refractivity contribution >= 4 is 39.4 Å². The van der Waals surface area contributed by atoms with Crippen LogP contribution in [0.4, 0.5) is 5.82 Å². The fourth-order valence-corrected chi connectivity index (χ4v) is 4.36. The first-order valence-electron chi connectivity index (χ1n) is 11.8. The lowest BCUT2D eigenvalue weighted by Gasteiger charge is -2.09. The summed E-state index contributed by atoms with van der Waals surface area (Å²) >= 11 is 0. The van der Waals surface area contributed by atoms with Crippen LogP contribution >= 0.6 is 0 Å². The average Bonchev–Trinajstić information content (AvgIpc) is 3.62. The predicted molar refractivity (Wildman–Crippen MR) is 142 cm³/mol. The number of benzene rings is 2. The fraction of sp³-hybridized carbons (Fsp3) is 0.111. The molecular formula is C27H22N8O3. The van der Waals surface area contributed by atoms with Crippen molar-refractivity contribution in [3.05, 3.63) is 93.7 Å². The van der Waals surface area contributed by atoms with Crippen molar-refractivity contribution in [3.8, 4) is 11.6 Å². The van der Waals surface area contributed by atoms with Gasteiger partial charge in [-0.1, -0.05) is 24.3 Å². The van der Waals surface area contributed by atoms with Gasteiger partial charge in [0.25, 0.3) is 17.2 Å². The van der Waals surface area contributed by atoms with Gasteiger partial charge in [-0.05, 0) is 50.1 Å². The van der Waals surface area contributed by atoms with Gasteiger partial charge in [-0.3, -0.25) is 19.4 Å². The standard InChI is InChI=1S/C27H22N8O3/c1-14-8-9-17(10-15(14)2)34-24-20(13-29-34)25(37)32-27(31-24)35-22(11-16(3)33-35)30-26(38)23(36)19-12-28-21-7-5-4-6-18(19)21/h4-13,28H,1-3H3,(H,30,38)(H,31,32,37). The zero-order chi connectivity index (χ0) is 26.6. The molecule has 0 fully saturated rings. The summed E-state index contributed by atoms with van der Waals surface area (Å²) in [5.41, 5.74) is 4.42. The lowest BCUT2D eigenvalue weighted by molar-refractivity contribution is -0.112. The number of aryl methyl sites for hydroxylation is 3. The summed E-state index contributed by atoms with van der Waals surface area (Å²) in [6, 6.07) is 14.6. The van der Waals surface area contributed by atoms with Crippen LogP contribution in [0, 0.1) is 20.8 Å². The third-order valence-electron chi connectivity index (χ3n) is 6.47. The number of anilines is 1. The number of fused-ring (bicyclic) bond motifs is 2.